The highest BCUT2D eigenvalue weighted by atomic mass is 16.5. The van der Waals surface area contributed by atoms with Crippen LogP contribution in [0.3, 0.4) is 0 Å². The number of allylic oxidation sites excluding steroid dienone is 1. The van der Waals surface area contributed by atoms with Crippen molar-refractivity contribution in [1.29, 1.82) is 0 Å². The second-order valence-electron chi connectivity index (χ2n) is 9.88. The van der Waals surface area contributed by atoms with Gasteiger partial charge in [0.05, 0.1) is 19.9 Å². The summed E-state index contributed by atoms with van der Waals surface area (Å²) in [7, 11) is 1.57. The monoisotopic (exact) mass is 557 g/mol. The Morgan fingerprint density at radius 2 is 1.71 bits per heavy atom. The fourth-order valence-electron chi connectivity index (χ4n) is 4.19. The minimum Gasteiger partial charge on any atom is -0.497 e. The number of rotatable bonds is 14. The average Bonchev–Trinajstić information content (AvgIpc) is 2.94. The molecule has 0 bridgehead atoms. The highest BCUT2D eigenvalue weighted by Gasteiger charge is 2.30. The zero-order valence-corrected chi connectivity index (χ0v) is 24.4. The van der Waals surface area contributed by atoms with Crippen LogP contribution < -0.4 is 25.0 Å². The number of nitrogens with one attached hydrogen (secondary N) is 2. The SMILES string of the molecule is C=CCc1cc(C=NNC(=O)C(C(=O)Nc2ccc(OC)cc2)C(C)C)cc(OCC)c1OCc1ccc(C)cc1. The third-order valence-corrected chi connectivity index (χ3v) is 6.30. The van der Waals surface area contributed by atoms with E-state index in [1.807, 2.05) is 64.1 Å². The van der Waals surface area contributed by atoms with Crippen LogP contribution in [0.4, 0.5) is 5.69 Å². The molecule has 3 rings (SSSR count). The number of benzene rings is 3. The van der Waals surface area contributed by atoms with Crippen molar-refractivity contribution in [2.24, 2.45) is 16.9 Å². The van der Waals surface area contributed by atoms with Crippen molar-refractivity contribution >= 4 is 23.7 Å². The zero-order chi connectivity index (χ0) is 29.8. The van der Waals surface area contributed by atoms with E-state index in [0.29, 0.717) is 48.1 Å². The molecule has 0 radical (unpaired) electrons. The third-order valence-electron chi connectivity index (χ3n) is 6.30. The van der Waals surface area contributed by atoms with Crippen molar-refractivity contribution in [2.45, 2.75) is 40.7 Å². The molecule has 216 valence electrons. The molecule has 3 aromatic rings. The summed E-state index contributed by atoms with van der Waals surface area (Å²) in [5, 5.41) is 6.94. The molecule has 0 aliphatic rings. The maximum Gasteiger partial charge on any atom is 0.252 e. The number of aryl methyl sites for hydroxylation is 1. The molecular weight excluding hydrogens is 518 g/mol. The molecule has 2 N–H and O–H groups in total. The minimum atomic E-state index is -0.942. The molecule has 0 saturated heterocycles. The molecule has 3 aromatic carbocycles. The van der Waals surface area contributed by atoms with Gasteiger partial charge in [-0.15, -0.1) is 6.58 Å². The Morgan fingerprint density at radius 3 is 2.32 bits per heavy atom. The number of nitrogens with zero attached hydrogens (tertiary/aromatic N) is 1. The van der Waals surface area contributed by atoms with Crippen molar-refractivity contribution in [1.82, 2.24) is 5.43 Å². The Morgan fingerprint density at radius 1 is 1.00 bits per heavy atom. The maximum atomic E-state index is 13.0. The molecule has 1 unspecified atom stereocenters. The molecule has 8 heteroatoms. The third kappa shape index (κ3) is 8.96. The lowest BCUT2D eigenvalue weighted by Gasteiger charge is -2.18. The molecular formula is C33H39N3O5. The Kier molecular flexibility index (Phi) is 11.5. The summed E-state index contributed by atoms with van der Waals surface area (Å²) < 4.78 is 17.3. The summed E-state index contributed by atoms with van der Waals surface area (Å²) >= 11 is 0. The fourth-order valence-corrected chi connectivity index (χ4v) is 4.19. The van der Waals surface area contributed by atoms with Crippen molar-refractivity contribution in [3.63, 3.8) is 0 Å². The second kappa shape index (κ2) is 15.3. The van der Waals surface area contributed by atoms with E-state index >= 15 is 0 Å². The molecule has 0 aromatic heterocycles. The van der Waals surface area contributed by atoms with Crippen molar-refractivity contribution < 1.29 is 23.8 Å². The van der Waals surface area contributed by atoms with Gasteiger partial charge in [0.2, 0.25) is 5.91 Å². The lowest BCUT2D eigenvalue weighted by molar-refractivity contribution is -0.134. The highest BCUT2D eigenvalue weighted by molar-refractivity contribution is 6.06. The van der Waals surface area contributed by atoms with Crippen LogP contribution in [-0.2, 0) is 22.6 Å². The van der Waals surface area contributed by atoms with Gasteiger partial charge in [0, 0.05) is 11.3 Å². The largest absolute Gasteiger partial charge is 0.497 e. The van der Waals surface area contributed by atoms with Gasteiger partial charge in [-0.25, -0.2) is 5.43 Å². The van der Waals surface area contributed by atoms with E-state index in [2.05, 4.69) is 22.4 Å². The van der Waals surface area contributed by atoms with Crippen molar-refractivity contribution in [3.05, 3.63) is 95.6 Å². The van der Waals surface area contributed by atoms with Gasteiger partial charge in [0.1, 0.15) is 18.3 Å². The van der Waals surface area contributed by atoms with E-state index in [-0.39, 0.29) is 5.92 Å². The van der Waals surface area contributed by atoms with Gasteiger partial charge < -0.3 is 19.5 Å². The number of ether oxygens (including phenoxy) is 3. The molecule has 1 atom stereocenters. The van der Waals surface area contributed by atoms with Gasteiger partial charge >= 0.3 is 0 Å². The molecule has 0 fully saturated rings. The van der Waals surface area contributed by atoms with Crippen molar-refractivity contribution in [3.8, 4) is 17.2 Å². The van der Waals surface area contributed by atoms with E-state index in [4.69, 9.17) is 14.2 Å². The first-order valence-corrected chi connectivity index (χ1v) is 13.6. The predicted octanol–water partition coefficient (Wildman–Crippen LogP) is 6.07. The summed E-state index contributed by atoms with van der Waals surface area (Å²) in [5.74, 6) is -0.227. The van der Waals surface area contributed by atoms with Crippen LogP contribution in [0.2, 0.25) is 0 Å². The lowest BCUT2D eigenvalue weighted by atomic mass is 9.94. The predicted molar refractivity (Wildman–Crippen MR) is 163 cm³/mol. The van der Waals surface area contributed by atoms with Crippen LogP contribution in [0.25, 0.3) is 0 Å². The Labute approximate surface area is 242 Å². The van der Waals surface area contributed by atoms with Crippen molar-refractivity contribution in [2.75, 3.05) is 19.0 Å². The second-order valence-corrected chi connectivity index (χ2v) is 9.88. The smallest absolute Gasteiger partial charge is 0.252 e. The molecule has 2 amide bonds. The molecule has 41 heavy (non-hydrogen) atoms. The standard InChI is InChI=1S/C33H39N3O5/c1-7-9-26-18-25(19-29(40-8-2)31(26)41-21-24-12-10-23(5)11-13-24)20-34-36-33(38)30(22(3)4)32(37)35-27-14-16-28(39-6)17-15-27/h7,10-20,22,30H,1,8-9,21H2,2-6H3,(H,35,37)(H,36,38). The van der Waals surface area contributed by atoms with E-state index in [1.54, 1.807) is 37.5 Å². The molecule has 0 spiro atoms. The number of amides is 2. The molecule has 0 heterocycles. The van der Waals surface area contributed by atoms with Gasteiger partial charge in [-0.3, -0.25) is 9.59 Å². The number of carbonyl (C=O) groups is 2. The van der Waals surface area contributed by atoms with Crippen LogP contribution >= 0.6 is 0 Å². The average molecular weight is 558 g/mol. The summed E-state index contributed by atoms with van der Waals surface area (Å²) in [4.78, 5) is 25.9. The quantitative estimate of drug-likeness (QED) is 0.109. The molecule has 8 nitrogen and oxygen atoms in total. The van der Waals surface area contributed by atoms with Gasteiger partial charge in [-0.05, 0) is 73.7 Å². The van der Waals surface area contributed by atoms with Crippen LogP contribution in [0.5, 0.6) is 17.2 Å². The summed E-state index contributed by atoms with van der Waals surface area (Å²) in [6.45, 7) is 12.3. The van der Waals surface area contributed by atoms with Gasteiger partial charge in [0.25, 0.3) is 5.91 Å². The molecule has 0 aliphatic heterocycles. The van der Waals surface area contributed by atoms with Gasteiger partial charge in [-0.2, -0.15) is 5.10 Å². The number of hydrazone groups is 1. The highest BCUT2D eigenvalue weighted by Crippen LogP contribution is 2.34. The van der Waals surface area contributed by atoms with E-state index in [9.17, 15) is 9.59 Å². The van der Waals surface area contributed by atoms with E-state index in [1.165, 1.54) is 11.8 Å². The first kappa shape index (κ1) is 30.9. The normalized spacial score (nSPS) is 11.7. The number of hydrogen-bond acceptors (Lipinski definition) is 6. The van der Waals surface area contributed by atoms with E-state index < -0.39 is 17.7 Å². The van der Waals surface area contributed by atoms with Crippen LogP contribution in [-0.4, -0.2) is 31.7 Å². The topological polar surface area (TPSA) is 98.3 Å². The van der Waals surface area contributed by atoms with Gasteiger partial charge in [0.15, 0.2) is 11.5 Å². The number of anilines is 1. The van der Waals surface area contributed by atoms with Crippen LogP contribution in [0, 0.1) is 18.8 Å². The fraction of sp³-hybridized carbons (Fsp3) is 0.303. The molecule has 0 aliphatic carbocycles. The van der Waals surface area contributed by atoms with Gasteiger partial charge in [-0.1, -0.05) is 49.8 Å². The summed E-state index contributed by atoms with van der Waals surface area (Å²) in [6.07, 6.45) is 3.87. The first-order valence-electron chi connectivity index (χ1n) is 13.6. The maximum absolute atomic E-state index is 13.0. The molecule has 0 saturated carbocycles. The van der Waals surface area contributed by atoms with Crippen LogP contribution in [0.15, 0.2) is 78.4 Å². The minimum absolute atomic E-state index is 0.253. The lowest BCUT2D eigenvalue weighted by Crippen LogP contribution is -2.39. The number of methoxy groups -OCH3 is 1. The Bertz CT molecular complexity index is 1350. The zero-order valence-electron chi connectivity index (χ0n) is 24.4. The van der Waals surface area contributed by atoms with E-state index in [0.717, 1.165) is 11.1 Å². The Hall–Kier alpha value is -4.59. The van der Waals surface area contributed by atoms with Crippen LogP contribution in [0.1, 0.15) is 43.0 Å². The summed E-state index contributed by atoms with van der Waals surface area (Å²) in [5.41, 5.74) is 6.91. The summed E-state index contributed by atoms with van der Waals surface area (Å²) in [6, 6.07) is 18.8. The Balaban J connectivity index is 1.74. The number of hydrogen-bond donors (Lipinski definition) is 2. The number of carbonyl (C=O) groups excluding carboxylic acids is 2. The first-order chi connectivity index (χ1) is 19.7.